The minimum absolute atomic E-state index is 0.297. The van der Waals surface area contributed by atoms with E-state index in [-0.39, 0.29) is 11.8 Å². The Hall–Kier alpha value is -2.37. The second kappa shape index (κ2) is 6.17. The van der Waals surface area contributed by atoms with Crippen LogP contribution in [0, 0.1) is 0 Å². The third-order valence-electron chi connectivity index (χ3n) is 3.53. The van der Waals surface area contributed by atoms with Gasteiger partial charge in [0, 0.05) is 10.6 Å². The number of hydrogen-bond acceptors (Lipinski definition) is 3. The van der Waals surface area contributed by atoms with E-state index in [2.05, 4.69) is 16.2 Å². The van der Waals surface area contributed by atoms with E-state index in [1.807, 2.05) is 24.3 Å². The maximum absolute atomic E-state index is 12.3. The van der Waals surface area contributed by atoms with Crippen molar-refractivity contribution in [3.8, 4) is 0 Å². The summed E-state index contributed by atoms with van der Waals surface area (Å²) in [6, 6.07) is 14.8. The zero-order valence-corrected chi connectivity index (χ0v) is 12.3. The molecule has 1 aliphatic heterocycles. The van der Waals surface area contributed by atoms with Gasteiger partial charge in [-0.05, 0) is 23.8 Å². The fourth-order valence-electron chi connectivity index (χ4n) is 2.41. The van der Waals surface area contributed by atoms with E-state index in [0.29, 0.717) is 10.6 Å². The highest BCUT2D eigenvalue weighted by Gasteiger charge is 2.37. The Kier molecular flexibility index (Phi) is 4.09. The zero-order valence-electron chi connectivity index (χ0n) is 11.5. The summed E-state index contributed by atoms with van der Waals surface area (Å²) in [7, 11) is 0. The van der Waals surface area contributed by atoms with Gasteiger partial charge in [-0.15, -0.1) is 0 Å². The Bertz CT molecular complexity index is 706. The maximum atomic E-state index is 12.3. The van der Waals surface area contributed by atoms with E-state index in [1.54, 1.807) is 30.3 Å². The first-order valence-corrected chi connectivity index (χ1v) is 7.20. The molecule has 5 nitrogen and oxygen atoms in total. The molecular formula is C16H14ClN3O2. The van der Waals surface area contributed by atoms with Crippen molar-refractivity contribution in [2.24, 2.45) is 0 Å². The number of rotatable bonds is 3. The van der Waals surface area contributed by atoms with Gasteiger partial charge in [0.05, 0.1) is 6.04 Å². The van der Waals surface area contributed by atoms with Gasteiger partial charge in [-0.1, -0.05) is 48.0 Å². The fourth-order valence-corrected chi connectivity index (χ4v) is 2.66. The summed E-state index contributed by atoms with van der Waals surface area (Å²) in [6.45, 7) is 0. The number of amides is 2. The summed E-state index contributed by atoms with van der Waals surface area (Å²) in [6.07, 6.45) is 0. The van der Waals surface area contributed by atoms with Gasteiger partial charge in [0.15, 0.2) is 0 Å². The fraction of sp³-hybridized carbons (Fsp3) is 0.125. The molecule has 0 saturated carbocycles. The molecule has 2 aromatic rings. The number of carbonyl (C=O) groups excluding carboxylic acids is 2. The SMILES string of the molecule is O=C(N[C@@H]1C(=O)NN[C@@H]1c1ccccc1Cl)c1ccccc1. The van der Waals surface area contributed by atoms with Gasteiger partial charge >= 0.3 is 0 Å². The number of nitrogens with one attached hydrogen (secondary N) is 3. The molecule has 6 heteroatoms. The maximum Gasteiger partial charge on any atom is 0.258 e. The first-order valence-electron chi connectivity index (χ1n) is 6.82. The Morgan fingerprint density at radius 1 is 1.05 bits per heavy atom. The van der Waals surface area contributed by atoms with Crippen LogP contribution in [-0.2, 0) is 4.79 Å². The molecule has 2 aromatic carbocycles. The molecule has 1 aliphatic rings. The summed E-state index contributed by atoms with van der Waals surface area (Å²) in [5, 5.41) is 3.29. The van der Waals surface area contributed by atoms with Gasteiger partial charge in [0.25, 0.3) is 11.8 Å². The first kappa shape index (κ1) is 14.6. The molecule has 0 radical (unpaired) electrons. The van der Waals surface area contributed by atoms with Crippen LogP contribution in [0.3, 0.4) is 0 Å². The van der Waals surface area contributed by atoms with Gasteiger partial charge in [-0.3, -0.25) is 15.0 Å². The lowest BCUT2D eigenvalue weighted by Crippen LogP contribution is -2.43. The monoisotopic (exact) mass is 315 g/mol. The van der Waals surface area contributed by atoms with Crippen LogP contribution in [0.5, 0.6) is 0 Å². The predicted molar refractivity (Wildman–Crippen MR) is 83.2 cm³/mol. The molecule has 2 atom stereocenters. The van der Waals surface area contributed by atoms with Crippen molar-refractivity contribution in [2.45, 2.75) is 12.1 Å². The number of benzene rings is 2. The van der Waals surface area contributed by atoms with Gasteiger partial charge in [-0.2, -0.15) is 0 Å². The topological polar surface area (TPSA) is 70.2 Å². The van der Waals surface area contributed by atoms with E-state index >= 15 is 0 Å². The summed E-state index contributed by atoms with van der Waals surface area (Å²) in [4.78, 5) is 24.3. The lowest BCUT2D eigenvalue weighted by atomic mass is 10.0. The lowest BCUT2D eigenvalue weighted by Gasteiger charge is -2.19. The third-order valence-corrected chi connectivity index (χ3v) is 3.87. The zero-order chi connectivity index (χ0) is 15.5. The molecule has 1 heterocycles. The molecule has 22 heavy (non-hydrogen) atoms. The van der Waals surface area contributed by atoms with Crippen molar-refractivity contribution in [3.63, 3.8) is 0 Å². The molecule has 0 unspecified atom stereocenters. The smallest absolute Gasteiger partial charge is 0.258 e. The highest BCUT2D eigenvalue weighted by Crippen LogP contribution is 2.27. The van der Waals surface area contributed by atoms with Crippen LogP contribution >= 0.6 is 11.6 Å². The highest BCUT2D eigenvalue weighted by atomic mass is 35.5. The van der Waals surface area contributed by atoms with Gasteiger partial charge in [0.1, 0.15) is 6.04 Å². The minimum atomic E-state index is -0.729. The lowest BCUT2D eigenvalue weighted by molar-refractivity contribution is -0.121. The largest absolute Gasteiger partial charge is 0.338 e. The summed E-state index contributed by atoms with van der Waals surface area (Å²) < 4.78 is 0. The van der Waals surface area contributed by atoms with Crippen molar-refractivity contribution in [1.82, 2.24) is 16.2 Å². The Morgan fingerprint density at radius 3 is 2.45 bits per heavy atom. The Morgan fingerprint density at radius 2 is 1.73 bits per heavy atom. The Balaban J connectivity index is 1.83. The molecule has 0 aliphatic carbocycles. The number of halogens is 1. The van der Waals surface area contributed by atoms with Gasteiger partial charge in [-0.25, -0.2) is 5.43 Å². The summed E-state index contributed by atoms with van der Waals surface area (Å²) in [5.41, 5.74) is 6.66. The summed E-state index contributed by atoms with van der Waals surface area (Å²) in [5.74, 6) is -0.601. The second-order valence-electron chi connectivity index (χ2n) is 4.95. The number of carbonyl (C=O) groups is 2. The molecule has 0 bridgehead atoms. The van der Waals surface area contributed by atoms with E-state index in [4.69, 9.17) is 11.6 Å². The molecule has 3 N–H and O–H groups in total. The molecule has 1 fully saturated rings. The van der Waals surface area contributed by atoms with Crippen LogP contribution in [0.2, 0.25) is 5.02 Å². The van der Waals surface area contributed by atoms with Crippen LogP contribution < -0.4 is 16.2 Å². The second-order valence-corrected chi connectivity index (χ2v) is 5.36. The quantitative estimate of drug-likeness (QED) is 0.809. The van der Waals surface area contributed by atoms with Crippen molar-refractivity contribution >= 4 is 23.4 Å². The van der Waals surface area contributed by atoms with Crippen molar-refractivity contribution in [1.29, 1.82) is 0 Å². The molecular weight excluding hydrogens is 302 g/mol. The van der Waals surface area contributed by atoms with Gasteiger partial charge in [0.2, 0.25) is 0 Å². The first-order chi connectivity index (χ1) is 10.7. The molecule has 1 saturated heterocycles. The van der Waals surface area contributed by atoms with Crippen LogP contribution in [0.1, 0.15) is 22.0 Å². The van der Waals surface area contributed by atoms with Crippen LogP contribution in [0.25, 0.3) is 0 Å². The van der Waals surface area contributed by atoms with Gasteiger partial charge < -0.3 is 5.32 Å². The highest BCUT2D eigenvalue weighted by molar-refractivity contribution is 6.31. The number of hydrazine groups is 1. The average molecular weight is 316 g/mol. The van der Waals surface area contributed by atoms with E-state index in [1.165, 1.54) is 0 Å². The Labute approximate surface area is 132 Å². The molecule has 2 amide bonds. The summed E-state index contributed by atoms with van der Waals surface area (Å²) >= 11 is 6.18. The van der Waals surface area contributed by atoms with E-state index < -0.39 is 12.1 Å². The average Bonchev–Trinajstić information content (AvgIpc) is 2.90. The molecule has 0 aromatic heterocycles. The van der Waals surface area contributed by atoms with Crippen molar-refractivity contribution < 1.29 is 9.59 Å². The normalized spacial score (nSPS) is 20.5. The van der Waals surface area contributed by atoms with E-state index in [0.717, 1.165) is 5.56 Å². The van der Waals surface area contributed by atoms with Crippen molar-refractivity contribution in [3.05, 3.63) is 70.7 Å². The predicted octanol–water partition coefficient (Wildman–Crippen LogP) is 1.81. The standard InChI is InChI=1S/C16H14ClN3O2/c17-12-9-5-4-8-11(12)13-14(16(22)20-19-13)18-15(21)10-6-2-1-3-7-10/h1-9,13-14,19H,(H,18,21)(H,20,22)/t13-,14+/m1/s1. The van der Waals surface area contributed by atoms with Crippen LogP contribution in [0.15, 0.2) is 54.6 Å². The third kappa shape index (κ3) is 2.81. The molecule has 3 rings (SSSR count). The van der Waals surface area contributed by atoms with Crippen LogP contribution in [0.4, 0.5) is 0 Å². The van der Waals surface area contributed by atoms with E-state index in [9.17, 15) is 9.59 Å². The molecule has 112 valence electrons. The van der Waals surface area contributed by atoms with Crippen molar-refractivity contribution in [2.75, 3.05) is 0 Å². The van der Waals surface area contributed by atoms with Crippen LogP contribution in [-0.4, -0.2) is 17.9 Å². The number of hydrogen-bond donors (Lipinski definition) is 3. The minimum Gasteiger partial charge on any atom is -0.338 e. The molecule has 0 spiro atoms.